The summed E-state index contributed by atoms with van der Waals surface area (Å²) < 4.78 is 18.6. The summed E-state index contributed by atoms with van der Waals surface area (Å²) in [6, 6.07) is 0.828. The van der Waals surface area contributed by atoms with Crippen LogP contribution in [0.3, 0.4) is 0 Å². The van der Waals surface area contributed by atoms with Gasteiger partial charge in [0.05, 0.1) is 0 Å². The smallest absolute Gasteiger partial charge is 0.371 e. The highest BCUT2D eigenvalue weighted by atomic mass is 28.4. The molecule has 0 aliphatic rings. The molecule has 0 N–H and O–H groups in total. The summed E-state index contributed by atoms with van der Waals surface area (Å²) in [6.45, 7) is 18.8. The maximum atomic E-state index is 6.21. The Morgan fingerprint density at radius 2 is 1.26 bits per heavy atom. The fraction of sp³-hybridized carbons (Fsp3) is 0.895. The molecule has 0 fully saturated rings. The lowest BCUT2D eigenvalue weighted by molar-refractivity contribution is 0.00328. The molecule has 3 nitrogen and oxygen atoms in total. The highest BCUT2D eigenvalue weighted by molar-refractivity contribution is 6.60. The highest BCUT2D eigenvalue weighted by Gasteiger charge is 2.43. The number of hydrogen-bond acceptors (Lipinski definition) is 3. The van der Waals surface area contributed by atoms with Gasteiger partial charge in [-0.05, 0) is 60.8 Å². The van der Waals surface area contributed by atoms with Crippen molar-refractivity contribution < 1.29 is 13.3 Å². The summed E-state index contributed by atoms with van der Waals surface area (Å²) in [6.07, 6.45) is 7.49. The lowest BCUT2D eigenvalue weighted by Gasteiger charge is -2.34. The van der Waals surface area contributed by atoms with E-state index in [-0.39, 0.29) is 18.3 Å². The maximum Gasteiger partial charge on any atom is 0.501 e. The van der Waals surface area contributed by atoms with Gasteiger partial charge in [0.2, 0.25) is 0 Å². The molecular weight excluding hydrogens is 304 g/mol. The van der Waals surface area contributed by atoms with E-state index in [2.05, 4.69) is 55.0 Å². The molecule has 0 rings (SSSR count). The van der Waals surface area contributed by atoms with E-state index in [0.717, 1.165) is 18.9 Å². The first-order valence-corrected chi connectivity index (χ1v) is 11.3. The van der Waals surface area contributed by atoms with Gasteiger partial charge in [0, 0.05) is 24.4 Å². The second-order valence-corrected chi connectivity index (χ2v) is 9.82. The standard InChI is InChI=1S/C19H40O3Si/c1-9-10-11-12-13-19(8)14-15-23(20-16(2)3,21-17(4)5)22-18(6)7/h16-18H,8-15H2,1-7H3. The van der Waals surface area contributed by atoms with Crippen molar-refractivity contribution in [3.05, 3.63) is 12.2 Å². The van der Waals surface area contributed by atoms with Gasteiger partial charge in [0.25, 0.3) is 0 Å². The van der Waals surface area contributed by atoms with Crippen LogP contribution in [0.2, 0.25) is 6.04 Å². The Kier molecular flexibility index (Phi) is 12.1. The number of rotatable bonds is 14. The van der Waals surface area contributed by atoms with Crippen molar-refractivity contribution in [1.82, 2.24) is 0 Å². The first-order chi connectivity index (χ1) is 10.7. The molecule has 0 unspecified atom stereocenters. The molecule has 0 aromatic heterocycles. The molecule has 0 bridgehead atoms. The van der Waals surface area contributed by atoms with Crippen LogP contribution < -0.4 is 0 Å². The van der Waals surface area contributed by atoms with Gasteiger partial charge in [-0.1, -0.05) is 38.3 Å². The molecule has 0 saturated heterocycles. The van der Waals surface area contributed by atoms with Gasteiger partial charge in [0.1, 0.15) is 0 Å². The number of hydrogen-bond donors (Lipinski definition) is 0. The third-order valence-corrected chi connectivity index (χ3v) is 6.77. The van der Waals surface area contributed by atoms with Gasteiger partial charge in [-0.2, -0.15) is 0 Å². The summed E-state index contributed by atoms with van der Waals surface area (Å²) >= 11 is 0. The molecule has 23 heavy (non-hydrogen) atoms. The topological polar surface area (TPSA) is 27.7 Å². The molecule has 0 aromatic carbocycles. The predicted molar refractivity (Wildman–Crippen MR) is 102 cm³/mol. The van der Waals surface area contributed by atoms with E-state index in [0.29, 0.717) is 0 Å². The summed E-state index contributed by atoms with van der Waals surface area (Å²) in [5, 5.41) is 0. The summed E-state index contributed by atoms with van der Waals surface area (Å²) in [5.74, 6) is 0. The minimum Gasteiger partial charge on any atom is -0.371 e. The zero-order chi connectivity index (χ0) is 17.9. The van der Waals surface area contributed by atoms with Crippen LogP contribution in [-0.2, 0) is 13.3 Å². The molecule has 0 aliphatic heterocycles. The Balaban J connectivity index is 4.67. The first-order valence-electron chi connectivity index (χ1n) is 9.40. The molecule has 0 spiro atoms. The van der Waals surface area contributed by atoms with Crippen molar-refractivity contribution >= 4 is 8.80 Å². The Hall–Kier alpha value is -0.163. The van der Waals surface area contributed by atoms with E-state index >= 15 is 0 Å². The quantitative estimate of drug-likeness (QED) is 0.216. The summed E-state index contributed by atoms with van der Waals surface area (Å²) in [4.78, 5) is 0. The number of allylic oxidation sites excluding steroid dienone is 1. The molecule has 0 aromatic rings. The second-order valence-electron chi connectivity index (χ2n) is 7.24. The molecule has 0 radical (unpaired) electrons. The first kappa shape index (κ1) is 22.8. The fourth-order valence-corrected chi connectivity index (χ4v) is 5.93. The molecule has 0 amide bonds. The van der Waals surface area contributed by atoms with Crippen molar-refractivity contribution in [2.24, 2.45) is 0 Å². The third-order valence-electron chi connectivity index (χ3n) is 3.41. The third kappa shape index (κ3) is 11.9. The van der Waals surface area contributed by atoms with Gasteiger partial charge in [-0.15, -0.1) is 0 Å². The molecule has 4 heteroatoms. The van der Waals surface area contributed by atoms with Crippen LogP contribution in [0.25, 0.3) is 0 Å². The van der Waals surface area contributed by atoms with Crippen molar-refractivity contribution in [2.45, 2.75) is 111 Å². The predicted octanol–water partition coefficient (Wildman–Crippen LogP) is 6.12. The zero-order valence-electron chi connectivity index (χ0n) is 16.6. The van der Waals surface area contributed by atoms with Crippen LogP contribution in [0.15, 0.2) is 12.2 Å². The van der Waals surface area contributed by atoms with Crippen LogP contribution in [0.4, 0.5) is 0 Å². The van der Waals surface area contributed by atoms with Gasteiger partial charge in [-0.3, -0.25) is 0 Å². The Morgan fingerprint density at radius 3 is 1.65 bits per heavy atom. The van der Waals surface area contributed by atoms with E-state index in [1.165, 1.54) is 31.3 Å². The normalized spacial score (nSPS) is 12.6. The maximum absolute atomic E-state index is 6.21. The summed E-state index contributed by atoms with van der Waals surface area (Å²) in [7, 11) is -2.66. The van der Waals surface area contributed by atoms with Crippen LogP contribution in [-0.4, -0.2) is 27.1 Å². The van der Waals surface area contributed by atoms with Crippen LogP contribution >= 0.6 is 0 Å². The van der Waals surface area contributed by atoms with E-state index in [1.54, 1.807) is 0 Å². The van der Waals surface area contributed by atoms with Crippen molar-refractivity contribution in [3.63, 3.8) is 0 Å². The number of unbranched alkanes of at least 4 members (excludes halogenated alkanes) is 3. The molecule has 138 valence electrons. The van der Waals surface area contributed by atoms with Gasteiger partial charge >= 0.3 is 8.80 Å². The average molecular weight is 345 g/mol. The Bertz CT molecular complexity index is 287. The Morgan fingerprint density at radius 1 is 0.783 bits per heavy atom. The van der Waals surface area contributed by atoms with Crippen LogP contribution in [0, 0.1) is 0 Å². The van der Waals surface area contributed by atoms with Crippen LogP contribution in [0.5, 0.6) is 0 Å². The molecule has 0 saturated carbocycles. The van der Waals surface area contributed by atoms with Crippen molar-refractivity contribution in [2.75, 3.05) is 0 Å². The largest absolute Gasteiger partial charge is 0.501 e. The van der Waals surface area contributed by atoms with Gasteiger partial charge in [0.15, 0.2) is 0 Å². The SMILES string of the molecule is C=C(CCCCCC)CC[Si](OC(C)C)(OC(C)C)OC(C)C. The van der Waals surface area contributed by atoms with Gasteiger partial charge < -0.3 is 13.3 Å². The van der Waals surface area contributed by atoms with Crippen LogP contribution in [0.1, 0.15) is 87.0 Å². The lowest BCUT2D eigenvalue weighted by atomic mass is 10.1. The molecular formula is C19H40O3Si. The van der Waals surface area contributed by atoms with Gasteiger partial charge in [-0.25, -0.2) is 0 Å². The fourth-order valence-electron chi connectivity index (χ4n) is 2.59. The minimum atomic E-state index is -2.66. The average Bonchev–Trinajstić information content (AvgIpc) is 2.39. The van der Waals surface area contributed by atoms with E-state index in [4.69, 9.17) is 13.3 Å². The monoisotopic (exact) mass is 344 g/mol. The zero-order valence-corrected chi connectivity index (χ0v) is 17.6. The van der Waals surface area contributed by atoms with Crippen molar-refractivity contribution in [3.8, 4) is 0 Å². The molecule has 0 aliphatic carbocycles. The van der Waals surface area contributed by atoms with E-state index in [9.17, 15) is 0 Å². The Labute approximate surface area is 146 Å². The van der Waals surface area contributed by atoms with E-state index < -0.39 is 8.80 Å². The molecule has 0 heterocycles. The van der Waals surface area contributed by atoms with E-state index in [1.807, 2.05) is 0 Å². The second kappa shape index (κ2) is 12.2. The highest BCUT2D eigenvalue weighted by Crippen LogP contribution is 2.26. The van der Waals surface area contributed by atoms with Crippen molar-refractivity contribution in [1.29, 1.82) is 0 Å². The molecule has 0 atom stereocenters. The minimum absolute atomic E-state index is 0.108. The lowest BCUT2D eigenvalue weighted by Crippen LogP contribution is -2.50. The summed E-state index contributed by atoms with van der Waals surface area (Å²) in [5.41, 5.74) is 1.30.